The summed E-state index contributed by atoms with van der Waals surface area (Å²) >= 11 is 0. The van der Waals surface area contributed by atoms with Crippen LogP contribution in [0.5, 0.6) is 0 Å². The van der Waals surface area contributed by atoms with Gasteiger partial charge >= 0.3 is 0 Å². The zero-order chi connectivity index (χ0) is 24.8. The molecule has 2 fully saturated rings. The zero-order valence-corrected chi connectivity index (χ0v) is 22.0. The molecule has 3 aliphatic rings. The van der Waals surface area contributed by atoms with Crippen LogP contribution in [0.1, 0.15) is 80.5 Å². The smallest absolute Gasteiger partial charge is 0.193 e. The summed E-state index contributed by atoms with van der Waals surface area (Å²) in [7, 11) is 0. The van der Waals surface area contributed by atoms with Gasteiger partial charge in [0.05, 0.1) is 11.7 Å². The quantitative estimate of drug-likeness (QED) is 0.384. The van der Waals surface area contributed by atoms with Crippen LogP contribution in [0.3, 0.4) is 0 Å². The van der Waals surface area contributed by atoms with E-state index < -0.39 is 0 Å². The lowest BCUT2D eigenvalue weighted by atomic mass is 9.96. The van der Waals surface area contributed by atoms with Gasteiger partial charge in [0.15, 0.2) is 5.96 Å². The number of nitrogens with two attached hydrogens (primary N) is 2. The van der Waals surface area contributed by atoms with Gasteiger partial charge in [-0.05, 0) is 108 Å². The van der Waals surface area contributed by atoms with Gasteiger partial charge in [0.2, 0.25) is 0 Å². The number of aryl methyl sites for hydroxylation is 1. The van der Waals surface area contributed by atoms with Gasteiger partial charge in [-0.3, -0.25) is 0 Å². The standard InChI is InChI=1S/C29H46N6/c1-21(35-18-5-4-6-19-35)10-8-16-34-17-9-12-25(20-34)33-29(31)32-23(3)28(30)27-15-14-24-11-7-13-26(24)22(27)2/h14-15,25H,1,4-13,16-20,30H2,2-3H3,(H3,31,32,33)/b28-23-. The van der Waals surface area contributed by atoms with Crippen molar-refractivity contribution in [3.63, 3.8) is 0 Å². The van der Waals surface area contributed by atoms with Gasteiger partial charge in [-0.25, -0.2) is 4.99 Å². The van der Waals surface area contributed by atoms with E-state index in [0.717, 1.165) is 62.3 Å². The third kappa shape index (κ3) is 6.60. The lowest BCUT2D eigenvalue weighted by Gasteiger charge is -2.33. The van der Waals surface area contributed by atoms with E-state index in [0.29, 0.717) is 5.96 Å². The van der Waals surface area contributed by atoms with Crippen molar-refractivity contribution in [1.29, 1.82) is 0 Å². The lowest BCUT2D eigenvalue weighted by molar-refractivity contribution is 0.203. The maximum absolute atomic E-state index is 6.56. The number of benzene rings is 1. The minimum Gasteiger partial charge on any atom is -0.397 e. The maximum atomic E-state index is 6.56. The molecule has 192 valence electrons. The zero-order valence-electron chi connectivity index (χ0n) is 22.0. The first-order valence-corrected chi connectivity index (χ1v) is 13.8. The fraction of sp³-hybridized carbons (Fsp3) is 0.621. The van der Waals surface area contributed by atoms with E-state index in [1.165, 1.54) is 74.0 Å². The number of hydrogen-bond donors (Lipinski definition) is 3. The molecule has 2 saturated heterocycles. The SMILES string of the molecule is C=C(CCCN1CCCC(N=C(N)N/C(C)=C(\N)c2ccc3c(c2C)CCC3)C1)N1CCCCC1. The Hall–Kier alpha value is -2.47. The normalized spacial score (nSPS) is 22.1. The predicted octanol–water partition coefficient (Wildman–Crippen LogP) is 4.28. The van der Waals surface area contributed by atoms with Gasteiger partial charge in [0.1, 0.15) is 0 Å². The molecular weight excluding hydrogens is 432 g/mol. The summed E-state index contributed by atoms with van der Waals surface area (Å²) in [5.41, 5.74) is 21.2. The van der Waals surface area contributed by atoms with Crippen molar-refractivity contribution >= 4 is 11.7 Å². The number of fused-ring (bicyclic) bond motifs is 1. The number of rotatable bonds is 8. The van der Waals surface area contributed by atoms with Gasteiger partial charge in [-0.2, -0.15) is 0 Å². The highest BCUT2D eigenvalue weighted by molar-refractivity contribution is 5.82. The molecule has 4 rings (SSSR count). The first-order valence-electron chi connectivity index (χ1n) is 13.8. The molecule has 0 saturated carbocycles. The van der Waals surface area contributed by atoms with E-state index in [9.17, 15) is 0 Å². The van der Waals surface area contributed by atoms with Gasteiger partial charge in [-0.15, -0.1) is 0 Å². The van der Waals surface area contributed by atoms with Crippen LogP contribution < -0.4 is 16.8 Å². The molecule has 6 heteroatoms. The Morgan fingerprint density at radius 3 is 2.69 bits per heavy atom. The molecule has 1 aliphatic carbocycles. The van der Waals surface area contributed by atoms with E-state index in [1.807, 2.05) is 6.92 Å². The molecule has 1 aromatic carbocycles. The number of allylic oxidation sites excluding steroid dienone is 2. The second-order valence-corrected chi connectivity index (χ2v) is 10.7. The molecule has 35 heavy (non-hydrogen) atoms. The van der Waals surface area contributed by atoms with Crippen molar-refractivity contribution in [1.82, 2.24) is 15.1 Å². The molecule has 1 aromatic rings. The lowest BCUT2D eigenvalue weighted by Crippen LogP contribution is -2.41. The Balaban J connectivity index is 1.28. The summed E-state index contributed by atoms with van der Waals surface area (Å²) < 4.78 is 0. The van der Waals surface area contributed by atoms with E-state index in [4.69, 9.17) is 16.5 Å². The predicted molar refractivity (Wildman–Crippen MR) is 148 cm³/mol. The summed E-state index contributed by atoms with van der Waals surface area (Å²) in [6.07, 6.45) is 12.1. The van der Waals surface area contributed by atoms with Crippen LogP contribution in [0, 0.1) is 6.92 Å². The number of likely N-dealkylation sites (tertiary alicyclic amines) is 2. The van der Waals surface area contributed by atoms with Crippen molar-refractivity contribution in [2.75, 3.05) is 32.7 Å². The topological polar surface area (TPSA) is 82.9 Å². The Labute approximate surface area is 212 Å². The van der Waals surface area contributed by atoms with E-state index >= 15 is 0 Å². The van der Waals surface area contributed by atoms with Crippen LogP contribution in [0.4, 0.5) is 0 Å². The molecule has 1 unspecified atom stereocenters. The molecule has 1 atom stereocenters. The fourth-order valence-electron chi connectivity index (χ4n) is 6.05. The summed E-state index contributed by atoms with van der Waals surface area (Å²) in [6.45, 7) is 14.1. The summed E-state index contributed by atoms with van der Waals surface area (Å²) in [6, 6.07) is 4.63. The van der Waals surface area contributed by atoms with E-state index in [1.54, 1.807) is 0 Å². The van der Waals surface area contributed by atoms with Crippen molar-refractivity contribution in [2.45, 2.75) is 84.1 Å². The van der Waals surface area contributed by atoms with Crippen molar-refractivity contribution in [3.8, 4) is 0 Å². The minimum atomic E-state index is 0.234. The molecule has 2 heterocycles. The fourth-order valence-corrected chi connectivity index (χ4v) is 6.05. The number of piperidine rings is 2. The number of aliphatic imine (C=N–C) groups is 1. The summed E-state index contributed by atoms with van der Waals surface area (Å²) in [4.78, 5) is 9.86. The summed E-state index contributed by atoms with van der Waals surface area (Å²) in [5.74, 6) is 0.467. The van der Waals surface area contributed by atoms with Crippen LogP contribution in [0.25, 0.3) is 5.70 Å². The number of hydrogen-bond acceptors (Lipinski definition) is 4. The molecule has 6 nitrogen and oxygen atoms in total. The average molecular weight is 479 g/mol. The minimum absolute atomic E-state index is 0.234. The van der Waals surface area contributed by atoms with Crippen LogP contribution in [0.2, 0.25) is 0 Å². The average Bonchev–Trinajstić information content (AvgIpc) is 3.34. The molecule has 0 spiro atoms. The van der Waals surface area contributed by atoms with Crippen LogP contribution in [-0.4, -0.2) is 54.5 Å². The second kappa shape index (κ2) is 12.0. The highest BCUT2D eigenvalue weighted by Crippen LogP contribution is 2.30. The van der Waals surface area contributed by atoms with Crippen LogP contribution in [-0.2, 0) is 12.8 Å². The summed E-state index contributed by atoms with van der Waals surface area (Å²) in [5, 5.41) is 3.28. The first-order chi connectivity index (χ1) is 16.9. The van der Waals surface area contributed by atoms with Gasteiger partial charge in [-0.1, -0.05) is 18.7 Å². The maximum Gasteiger partial charge on any atom is 0.193 e. The molecule has 5 N–H and O–H groups in total. The van der Waals surface area contributed by atoms with Crippen LogP contribution in [0.15, 0.2) is 35.1 Å². The first kappa shape index (κ1) is 25.6. The third-order valence-electron chi connectivity index (χ3n) is 8.12. The molecule has 0 aromatic heterocycles. The number of guanidine groups is 1. The molecule has 0 bridgehead atoms. The Kier molecular flexibility index (Phi) is 8.77. The number of nitrogens with zero attached hydrogens (tertiary/aromatic N) is 3. The van der Waals surface area contributed by atoms with Gasteiger partial charge in [0, 0.05) is 36.6 Å². The molecule has 0 radical (unpaired) electrons. The molecule has 2 aliphatic heterocycles. The third-order valence-corrected chi connectivity index (χ3v) is 8.12. The van der Waals surface area contributed by atoms with Crippen molar-refractivity contribution < 1.29 is 0 Å². The molecular formula is C29H46N6. The Morgan fingerprint density at radius 2 is 1.89 bits per heavy atom. The molecule has 0 amide bonds. The van der Waals surface area contributed by atoms with E-state index in [-0.39, 0.29) is 6.04 Å². The number of nitrogens with one attached hydrogen (secondary N) is 1. The monoisotopic (exact) mass is 478 g/mol. The highest BCUT2D eigenvalue weighted by atomic mass is 15.2. The van der Waals surface area contributed by atoms with Crippen molar-refractivity contribution in [2.24, 2.45) is 16.5 Å². The van der Waals surface area contributed by atoms with Crippen LogP contribution >= 0.6 is 0 Å². The van der Waals surface area contributed by atoms with Gasteiger partial charge < -0.3 is 26.6 Å². The Bertz CT molecular complexity index is 956. The van der Waals surface area contributed by atoms with Crippen molar-refractivity contribution in [3.05, 3.63) is 52.4 Å². The highest BCUT2D eigenvalue weighted by Gasteiger charge is 2.21. The van der Waals surface area contributed by atoms with E-state index in [2.05, 4.69) is 40.8 Å². The largest absolute Gasteiger partial charge is 0.397 e. The second-order valence-electron chi connectivity index (χ2n) is 10.7. The van der Waals surface area contributed by atoms with Gasteiger partial charge in [0.25, 0.3) is 0 Å². The Morgan fingerprint density at radius 1 is 1.09 bits per heavy atom.